The number of carbonyl (C=O) groups excluding carboxylic acids is 1. The van der Waals surface area contributed by atoms with Crippen LogP contribution in [0.5, 0.6) is 0 Å². The van der Waals surface area contributed by atoms with Crippen molar-refractivity contribution < 1.29 is 4.79 Å². The van der Waals surface area contributed by atoms with Crippen LogP contribution in [-0.4, -0.2) is 36.7 Å². The molecule has 128 valence electrons. The second-order valence-corrected chi connectivity index (χ2v) is 7.84. The predicted octanol–water partition coefficient (Wildman–Crippen LogP) is 3.78. The molecule has 0 unspecified atom stereocenters. The molecule has 1 aliphatic rings. The van der Waals surface area contributed by atoms with Crippen LogP contribution in [0.3, 0.4) is 0 Å². The number of rotatable bonds is 6. The van der Waals surface area contributed by atoms with Crippen LogP contribution in [0.1, 0.15) is 38.7 Å². The molecule has 1 aromatic rings. The van der Waals surface area contributed by atoms with Crippen molar-refractivity contribution >= 4 is 17.7 Å². The van der Waals surface area contributed by atoms with Crippen LogP contribution in [0.2, 0.25) is 0 Å². The van der Waals surface area contributed by atoms with Crippen LogP contribution < -0.4 is 5.32 Å². The molecule has 0 radical (unpaired) electrons. The van der Waals surface area contributed by atoms with Crippen LogP contribution in [0.4, 0.5) is 0 Å². The van der Waals surface area contributed by atoms with Gasteiger partial charge in [-0.1, -0.05) is 38.8 Å². The SMILES string of the molecule is CSc1ccc(CN(C)CC(=O)N[C@@H]2CCC[C@@H](C)[C@H]2C)cc1. The Labute approximate surface area is 145 Å². The summed E-state index contributed by atoms with van der Waals surface area (Å²) in [5, 5.41) is 3.25. The third-order valence-corrected chi connectivity index (χ3v) is 5.82. The average molecular weight is 335 g/mol. The fourth-order valence-electron chi connectivity index (χ4n) is 3.38. The third kappa shape index (κ3) is 5.54. The fourth-order valence-corrected chi connectivity index (χ4v) is 3.79. The molecule has 1 aromatic carbocycles. The smallest absolute Gasteiger partial charge is 0.234 e. The van der Waals surface area contributed by atoms with E-state index in [0.717, 1.165) is 13.0 Å². The Bertz CT molecular complexity index is 503. The predicted molar refractivity (Wildman–Crippen MR) is 98.7 cm³/mol. The zero-order chi connectivity index (χ0) is 16.8. The van der Waals surface area contributed by atoms with Crippen molar-refractivity contribution in [1.82, 2.24) is 10.2 Å². The molecule has 1 amide bonds. The Morgan fingerprint density at radius 3 is 2.61 bits per heavy atom. The summed E-state index contributed by atoms with van der Waals surface area (Å²) in [5.74, 6) is 1.44. The Balaban J connectivity index is 1.79. The lowest BCUT2D eigenvalue weighted by Gasteiger charge is -2.35. The van der Waals surface area contributed by atoms with Gasteiger partial charge in [0, 0.05) is 17.5 Å². The maximum Gasteiger partial charge on any atom is 0.234 e. The van der Waals surface area contributed by atoms with E-state index in [1.807, 2.05) is 7.05 Å². The van der Waals surface area contributed by atoms with Gasteiger partial charge in [0.1, 0.15) is 0 Å². The molecule has 1 aliphatic carbocycles. The van der Waals surface area contributed by atoms with Gasteiger partial charge in [-0.05, 0) is 49.3 Å². The second kappa shape index (κ2) is 8.74. The van der Waals surface area contributed by atoms with E-state index in [1.54, 1.807) is 11.8 Å². The van der Waals surface area contributed by atoms with Crippen molar-refractivity contribution in [2.75, 3.05) is 19.8 Å². The minimum Gasteiger partial charge on any atom is -0.352 e. The summed E-state index contributed by atoms with van der Waals surface area (Å²) in [4.78, 5) is 15.7. The average Bonchev–Trinajstić information content (AvgIpc) is 2.52. The van der Waals surface area contributed by atoms with Crippen molar-refractivity contribution in [1.29, 1.82) is 0 Å². The molecule has 4 heteroatoms. The molecule has 3 nitrogen and oxygen atoms in total. The molecule has 1 fully saturated rings. The maximum atomic E-state index is 12.3. The molecular formula is C19H30N2OS. The Kier molecular flexibility index (Phi) is 6.97. The number of hydrogen-bond donors (Lipinski definition) is 1. The van der Waals surface area contributed by atoms with E-state index in [0.29, 0.717) is 24.4 Å². The fraction of sp³-hybridized carbons (Fsp3) is 0.632. The number of thioether (sulfide) groups is 1. The summed E-state index contributed by atoms with van der Waals surface area (Å²) >= 11 is 1.75. The first kappa shape index (κ1) is 18.3. The van der Waals surface area contributed by atoms with E-state index in [4.69, 9.17) is 0 Å². The van der Waals surface area contributed by atoms with Gasteiger partial charge in [0.25, 0.3) is 0 Å². The lowest BCUT2D eigenvalue weighted by molar-refractivity contribution is -0.123. The molecule has 2 rings (SSSR count). The molecule has 0 bridgehead atoms. The minimum absolute atomic E-state index is 0.152. The van der Waals surface area contributed by atoms with Crippen molar-refractivity contribution in [3.63, 3.8) is 0 Å². The normalized spacial score (nSPS) is 24.7. The van der Waals surface area contributed by atoms with Gasteiger partial charge in [-0.2, -0.15) is 0 Å². The molecule has 0 saturated heterocycles. The van der Waals surface area contributed by atoms with E-state index in [-0.39, 0.29) is 5.91 Å². The highest BCUT2D eigenvalue weighted by Crippen LogP contribution is 2.29. The Hall–Kier alpha value is -1.00. The summed E-state index contributed by atoms with van der Waals surface area (Å²) in [6, 6.07) is 8.91. The zero-order valence-corrected chi connectivity index (χ0v) is 15.7. The van der Waals surface area contributed by atoms with Gasteiger partial charge in [0.15, 0.2) is 0 Å². The number of likely N-dealkylation sites (N-methyl/N-ethyl adjacent to an activating group) is 1. The minimum atomic E-state index is 0.152. The van der Waals surface area contributed by atoms with Crippen LogP contribution in [0.15, 0.2) is 29.2 Å². The molecule has 1 saturated carbocycles. The first-order valence-corrected chi connectivity index (χ1v) is 9.83. The third-order valence-electron chi connectivity index (χ3n) is 5.08. The molecule has 1 N–H and O–H groups in total. The second-order valence-electron chi connectivity index (χ2n) is 6.96. The maximum absolute atomic E-state index is 12.3. The zero-order valence-electron chi connectivity index (χ0n) is 14.8. The van der Waals surface area contributed by atoms with Gasteiger partial charge >= 0.3 is 0 Å². The van der Waals surface area contributed by atoms with Crippen molar-refractivity contribution in [3.8, 4) is 0 Å². The van der Waals surface area contributed by atoms with Gasteiger partial charge < -0.3 is 5.32 Å². The van der Waals surface area contributed by atoms with Crippen LogP contribution in [0.25, 0.3) is 0 Å². The molecular weight excluding hydrogens is 304 g/mol. The summed E-state index contributed by atoms with van der Waals surface area (Å²) in [6.07, 6.45) is 5.73. The molecule has 0 aromatic heterocycles. The lowest BCUT2D eigenvalue weighted by Crippen LogP contribution is -2.46. The highest BCUT2D eigenvalue weighted by molar-refractivity contribution is 7.98. The Morgan fingerprint density at radius 2 is 1.96 bits per heavy atom. The summed E-state index contributed by atoms with van der Waals surface area (Å²) < 4.78 is 0. The quantitative estimate of drug-likeness (QED) is 0.804. The molecule has 3 atom stereocenters. The molecule has 0 heterocycles. The summed E-state index contributed by atoms with van der Waals surface area (Å²) in [5.41, 5.74) is 1.25. The largest absolute Gasteiger partial charge is 0.352 e. The van der Waals surface area contributed by atoms with Gasteiger partial charge in [-0.25, -0.2) is 0 Å². The molecule has 0 spiro atoms. The van der Waals surface area contributed by atoms with Gasteiger partial charge in [-0.3, -0.25) is 9.69 Å². The number of hydrogen-bond acceptors (Lipinski definition) is 3. The van der Waals surface area contributed by atoms with Crippen molar-refractivity contribution in [2.45, 2.75) is 50.6 Å². The first-order chi connectivity index (χ1) is 11.0. The highest BCUT2D eigenvalue weighted by atomic mass is 32.2. The number of nitrogens with zero attached hydrogens (tertiary/aromatic N) is 1. The number of benzene rings is 1. The number of nitrogens with one attached hydrogen (secondary N) is 1. The first-order valence-electron chi connectivity index (χ1n) is 8.60. The van der Waals surface area contributed by atoms with E-state index in [1.165, 1.54) is 23.3 Å². The standard InChI is InChI=1S/C19H30N2OS/c1-14-6-5-7-18(15(14)2)20-19(22)13-21(3)12-16-8-10-17(23-4)11-9-16/h8-11,14-15,18H,5-7,12-13H2,1-4H3,(H,20,22)/t14-,15-,18-/m1/s1. The van der Waals surface area contributed by atoms with Crippen molar-refractivity contribution in [3.05, 3.63) is 29.8 Å². The van der Waals surface area contributed by atoms with E-state index >= 15 is 0 Å². The van der Waals surface area contributed by atoms with Crippen molar-refractivity contribution in [2.24, 2.45) is 11.8 Å². The molecule has 23 heavy (non-hydrogen) atoms. The number of carbonyl (C=O) groups is 1. The highest BCUT2D eigenvalue weighted by Gasteiger charge is 2.28. The number of amides is 1. The van der Waals surface area contributed by atoms with E-state index in [9.17, 15) is 4.79 Å². The monoisotopic (exact) mass is 334 g/mol. The van der Waals surface area contributed by atoms with E-state index < -0.39 is 0 Å². The lowest BCUT2D eigenvalue weighted by atomic mass is 9.78. The summed E-state index contributed by atoms with van der Waals surface area (Å²) in [7, 11) is 2.01. The topological polar surface area (TPSA) is 32.3 Å². The van der Waals surface area contributed by atoms with Gasteiger partial charge in [0.05, 0.1) is 6.54 Å². The van der Waals surface area contributed by atoms with Gasteiger partial charge in [-0.15, -0.1) is 11.8 Å². The molecule has 0 aliphatic heterocycles. The van der Waals surface area contributed by atoms with Crippen LogP contribution >= 0.6 is 11.8 Å². The summed E-state index contributed by atoms with van der Waals surface area (Å²) in [6.45, 7) is 5.83. The van der Waals surface area contributed by atoms with Crippen LogP contribution in [0, 0.1) is 11.8 Å². The van der Waals surface area contributed by atoms with Crippen LogP contribution in [-0.2, 0) is 11.3 Å². The van der Waals surface area contributed by atoms with E-state index in [2.05, 4.69) is 54.6 Å². The van der Waals surface area contributed by atoms with Gasteiger partial charge in [0.2, 0.25) is 5.91 Å². The Morgan fingerprint density at radius 1 is 1.26 bits per heavy atom.